The van der Waals surface area contributed by atoms with Crippen molar-refractivity contribution in [3.63, 3.8) is 0 Å². The standard InChI is InChI=1S/C18H19FN2O3S/c19-14-8-6-12(7-9-14)15-11-25-18(20-15)21-16(22)10-24-17(23)13-4-2-1-3-5-13/h6-9,11,13H,1-5,10H2,(H,20,21,22). The van der Waals surface area contributed by atoms with Crippen molar-refractivity contribution < 1.29 is 18.7 Å². The number of carbonyl (C=O) groups is 2. The number of ether oxygens (including phenoxy) is 1. The first-order chi connectivity index (χ1) is 12.1. The second-order valence-corrected chi connectivity index (χ2v) is 6.89. The van der Waals surface area contributed by atoms with E-state index < -0.39 is 5.91 Å². The number of aromatic nitrogens is 1. The molecule has 132 valence electrons. The minimum absolute atomic E-state index is 0.0773. The zero-order valence-electron chi connectivity index (χ0n) is 13.7. The largest absolute Gasteiger partial charge is 0.455 e. The smallest absolute Gasteiger partial charge is 0.309 e. The average Bonchev–Trinajstić information content (AvgIpc) is 3.09. The minimum atomic E-state index is -0.413. The SMILES string of the molecule is O=C(COC(=O)C1CCCCC1)Nc1nc(-c2ccc(F)cc2)cs1. The van der Waals surface area contributed by atoms with Gasteiger partial charge in [0.2, 0.25) is 0 Å². The maximum atomic E-state index is 12.9. The summed E-state index contributed by atoms with van der Waals surface area (Å²) in [5.41, 5.74) is 1.42. The Bertz CT molecular complexity index is 739. The topological polar surface area (TPSA) is 68.3 Å². The molecule has 5 nitrogen and oxygen atoms in total. The molecular formula is C18H19FN2O3S. The molecule has 0 bridgehead atoms. The van der Waals surface area contributed by atoms with Crippen LogP contribution < -0.4 is 5.32 Å². The van der Waals surface area contributed by atoms with Gasteiger partial charge in [0, 0.05) is 10.9 Å². The maximum Gasteiger partial charge on any atom is 0.309 e. The molecule has 0 radical (unpaired) electrons. The van der Waals surface area contributed by atoms with Gasteiger partial charge in [-0.25, -0.2) is 9.37 Å². The monoisotopic (exact) mass is 362 g/mol. The number of hydrogen-bond donors (Lipinski definition) is 1. The number of rotatable bonds is 5. The fourth-order valence-corrected chi connectivity index (χ4v) is 3.57. The van der Waals surface area contributed by atoms with Crippen LogP contribution in [0.5, 0.6) is 0 Å². The van der Waals surface area contributed by atoms with E-state index in [2.05, 4.69) is 10.3 Å². The van der Waals surface area contributed by atoms with Gasteiger partial charge in [0.1, 0.15) is 5.82 Å². The summed E-state index contributed by atoms with van der Waals surface area (Å²) < 4.78 is 18.1. The van der Waals surface area contributed by atoms with Crippen LogP contribution in [0.1, 0.15) is 32.1 Å². The second kappa shape index (κ2) is 8.20. The summed E-state index contributed by atoms with van der Waals surface area (Å²) in [7, 11) is 0. The molecule has 0 unspecified atom stereocenters. The Balaban J connectivity index is 1.49. The molecular weight excluding hydrogens is 343 g/mol. The van der Waals surface area contributed by atoms with E-state index in [4.69, 9.17) is 4.74 Å². The fraction of sp³-hybridized carbons (Fsp3) is 0.389. The number of halogens is 1. The maximum absolute atomic E-state index is 12.9. The second-order valence-electron chi connectivity index (χ2n) is 6.04. The summed E-state index contributed by atoms with van der Waals surface area (Å²) in [6, 6.07) is 5.97. The van der Waals surface area contributed by atoms with Gasteiger partial charge in [0.15, 0.2) is 11.7 Å². The van der Waals surface area contributed by atoms with Gasteiger partial charge < -0.3 is 4.74 Å². The predicted molar refractivity (Wildman–Crippen MR) is 93.7 cm³/mol. The number of carbonyl (C=O) groups excluding carboxylic acids is 2. The number of hydrogen-bond acceptors (Lipinski definition) is 5. The molecule has 1 amide bonds. The molecule has 0 saturated heterocycles. The van der Waals surface area contributed by atoms with Crippen LogP contribution in [0.15, 0.2) is 29.6 Å². The Hall–Kier alpha value is -2.28. The number of anilines is 1. The van der Waals surface area contributed by atoms with Crippen molar-refractivity contribution in [3.05, 3.63) is 35.5 Å². The number of nitrogens with one attached hydrogen (secondary N) is 1. The summed E-state index contributed by atoms with van der Waals surface area (Å²) in [5, 5.41) is 4.81. The van der Waals surface area contributed by atoms with Crippen LogP contribution in [-0.4, -0.2) is 23.5 Å². The predicted octanol–water partition coefficient (Wildman–Crippen LogP) is 4.01. The zero-order valence-corrected chi connectivity index (χ0v) is 14.5. The van der Waals surface area contributed by atoms with Crippen LogP contribution in [0, 0.1) is 11.7 Å². The average molecular weight is 362 g/mol. The lowest BCUT2D eigenvalue weighted by atomic mass is 9.89. The van der Waals surface area contributed by atoms with E-state index >= 15 is 0 Å². The number of esters is 1. The quantitative estimate of drug-likeness (QED) is 0.816. The van der Waals surface area contributed by atoms with Crippen LogP contribution in [-0.2, 0) is 14.3 Å². The molecule has 1 saturated carbocycles. The first kappa shape index (κ1) is 17.5. The molecule has 0 aliphatic heterocycles. The van der Waals surface area contributed by atoms with Crippen LogP contribution >= 0.6 is 11.3 Å². The van der Waals surface area contributed by atoms with Crippen LogP contribution in [0.3, 0.4) is 0 Å². The molecule has 1 aliphatic carbocycles. The van der Waals surface area contributed by atoms with Crippen LogP contribution in [0.4, 0.5) is 9.52 Å². The van der Waals surface area contributed by atoms with Gasteiger partial charge >= 0.3 is 5.97 Å². The molecule has 2 aromatic rings. The lowest BCUT2D eigenvalue weighted by Gasteiger charge is -2.19. The van der Waals surface area contributed by atoms with Crippen molar-refractivity contribution in [3.8, 4) is 11.3 Å². The number of thiazole rings is 1. The van der Waals surface area contributed by atoms with Gasteiger partial charge in [-0.15, -0.1) is 11.3 Å². The highest BCUT2D eigenvalue weighted by molar-refractivity contribution is 7.14. The lowest BCUT2D eigenvalue weighted by molar-refractivity contribution is -0.152. The summed E-state index contributed by atoms with van der Waals surface area (Å²) in [5.74, 6) is -1.09. The van der Waals surface area contributed by atoms with Gasteiger partial charge in [-0.3, -0.25) is 14.9 Å². The Morgan fingerprint density at radius 3 is 2.64 bits per heavy atom. The van der Waals surface area contributed by atoms with Gasteiger partial charge in [0.05, 0.1) is 11.6 Å². The third-order valence-corrected chi connectivity index (χ3v) is 4.93. The van der Waals surface area contributed by atoms with Crippen LogP contribution in [0.25, 0.3) is 11.3 Å². The number of amides is 1. The molecule has 1 fully saturated rings. The Morgan fingerprint density at radius 2 is 1.92 bits per heavy atom. The molecule has 7 heteroatoms. The van der Waals surface area contributed by atoms with E-state index in [-0.39, 0.29) is 24.3 Å². The Labute approximate surface area is 149 Å². The summed E-state index contributed by atoms with van der Waals surface area (Å²) in [6.45, 7) is -0.305. The normalized spacial score (nSPS) is 14.9. The van der Waals surface area contributed by atoms with Crippen molar-refractivity contribution in [1.29, 1.82) is 0 Å². The third kappa shape index (κ3) is 4.85. The van der Waals surface area contributed by atoms with Gasteiger partial charge in [-0.2, -0.15) is 0 Å². The highest BCUT2D eigenvalue weighted by Gasteiger charge is 2.23. The minimum Gasteiger partial charge on any atom is -0.455 e. The van der Waals surface area contributed by atoms with Crippen molar-refractivity contribution >= 4 is 28.3 Å². The fourth-order valence-electron chi connectivity index (χ4n) is 2.83. The number of nitrogens with zero attached hydrogens (tertiary/aromatic N) is 1. The van der Waals surface area contributed by atoms with E-state index in [1.165, 1.54) is 23.5 Å². The van der Waals surface area contributed by atoms with E-state index in [9.17, 15) is 14.0 Å². The van der Waals surface area contributed by atoms with Crippen LogP contribution in [0.2, 0.25) is 0 Å². The molecule has 1 aromatic carbocycles. The first-order valence-corrected chi connectivity index (χ1v) is 9.18. The van der Waals surface area contributed by atoms with E-state index in [1.807, 2.05) is 0 Å². The molecule has 0 spiro atoms. The molecule has 1 heterocycles. The lowest BCUT2D eigenvalue weighted by Crippen LogP contribution is -2.25. The molecule has 3 rings (SSSR count). The molecule has 25 heavy (non-hydrogen) atoms. The summed E-state index contributed by atoms with van der Waals surface area (Å²) in [4.78, 5) is 28.1. The van der Waals surface area contributed by atoms with Crippen molar-refractivity contribution in [2.45, 2.75) is 32.1 Å². The first-order valence-electron chi connectivity index (χ1n) is 8.30. The van der Waals surface area contributed by atoms with Gasteiger partial charge in [-0.1, -0.05) is 19.3 Å². The highest BCUT2D eigenvalue weighted by Crippen LogP contribution is 2.26. The Kier molecular flexibility index (Phi) is 5.75. The highest BCUT2D eigenvalue weighted by atomic mass is 32.1. The summed E-state index contributed by atoms with van der Waals surface area (Å²) in [6.07, 6.45) is 4.92. The van der Waals surface area contributed by atoms with Gasteiger partial charge in [-0.05, 0) is 37.1 Å². The molecule has 0 atom stereocenters. The molecule has 1 aromatic heterocycles. The van der Waals surface area contributed by atoms with E-state index in [0.29, 0.717) is 10.8 Å². The van der Waals surface area contributed by atoms with E-state index in [1.54, 1.807) is 17.5 Å². The third-order valence-electron chi connectivity index (χ3n) is 4.17. The molecule has 1 aliphatic rings. The number of benzene rings is 1. The van der Waals surface area contributed by atoms with Crippen molar-refractivity contribution in [1.82, 2.24) is 4.98 Å². The van der Waals surface area contributed by atoms with Crippen molar-refractivity contribution in [2.24, 2.45) is 5.92 Å². The van der Waals surface area contributed by atoms with E-state index in [0.717, 1.165) is 37.7 Å². The van der Waals surface area contributed by atoms with Crippen molar-refractivity contribution in [2.75, 3.05) is 11.9 Å². The Morgan fingerprint density at radius 1 is 1.20 bits per heavy atom. The van der Waals surface area contributed by atoms with Gasteiger partial charge in [0.25, 0.3) is 5.91 Å². The molecule has 1 N–H and O–H groups in total. The summed E-state index contributed by atoms with van der Waals surface area (Å²) >= 11 is 1.26. The zero-order chi connectivity index (χ0) is 17.6.